The Morgan fingerprint density at radius 3 is 2.47 bits per heavy atom. The fraction of sp³-hybridized carbons (Fsp3) is 0.238. The van der Waals surface area contributed by atoms with Crippen molar-refractivity contribution < 1.29 is 23.9 Å². The summed E-state index contributed by atoms with van der Waals surface area (Å²) in [5.74, 6) is -0.810. The molecule has 9 nitrogen and oxygen atoms in total. The van der Waals surface area contributed by atoms with E-state index < -0.39 is 11.8 Å². The highest BCUT2D eigenvalue weighted by molar-refractivity contribution is 6.03. The van der Waals surface area contributed by atoms with Crippen LogP contribution in [0.5, 0.6) is 5.75 Å². The first-order chi connectivity index (χ1) is 14.5. The Morgan fingerprint density at radius 2 is 1.73 bits per heavy atom. The number of nitrogens with zero attached hydrogens (tertiary/aromatic N) is 2. The summed E-state index contributed by atoms with van der Waals surface area (Å²) in [7, 11) is 0. The van der Waals surface area contributed by atoms with Crippen LogP contribution >= 0.6 is 0 Å². The largest absolute Gasteiger partial charge is 0.482 e. The molecule has 154 valence electrons. The molecule has 4 amide bonds. The van der Waals surface area contributed by atoms with E-state index in [1.54, 1.807) is 53.4 Å². The number of ether oxygens (including phenoxy) is 1. The highest BCUT2D eigenvalue weighted by atomic mass is 16.5. The zero-order valence-corrected chi connectivity index (χ0v) is 16.1. The van der Waals surface area contributed by atoms with Crippen LogP contribution in [0.1, 0.15) is 23.2 Å². The molecule has 2 aromatic carbocycles. The first-order valence-corrected chi connectivity index (χ1v) is 9.55. The Morgan fingerprint density at radius 1 is 0.967 bits per heavy atom. The summed E-state index contributed by atoms with van der Waals surface area (Å²) in [5, 5.41) is 0. The van der Waals surface area contributed by atoms with E-state index in [1.165, 1.54) is 4.90 Å². The minimum Gasteiger partial charge on any atom is -0.482 e. The third-order valence-electron chi connectivity index (χ3n) is 4.94. The normalized spacial score (nSPS) is 15.5. The van der Waals surface area contributed by atoms with E-state index >= 15 is 0 Å². The summed E-state index contributed by atoms with van der Waals surface area (Å²) in [6.45, 7) is 0.266. The van der Waals surface area contributed by atoms with Gasteiger partial charge in [-0.25, -0.2) is 0 Å². The van der Waals surface area contributed by atoms with E-state index in [1.807, 2.05) is 0 Å². The van der Waals surface area contributed by atoms with E-state index in [2.05, 4.69) is 10.9 Å². The van der Waals surface area contributed by atoms with Gasteiger partial charge >= 0.3 is 0 Å². The van der Waals surface area contributed by atoms with Crippen molar-refractivity contribution in [2.24, 2.45) is 0 Å². The van der Waals surface area contributed by atoms with Crippen LogP contribution in [0.15, 0.2) is 48.5 Å². The predicted octanol–water partition coefficient (Wildman–Crippen LogP) is 1.000. The van der Waals surface area contributed by atoms with E-state index in [0.29, 0.717) is 30.0 Å². The molecule has 1 fully saturated rings. The fourth-order valence-corrected chi connectivity index (χ4v) is 3.42. The number of carbonyl (C=O) groups is 4. The molecule has 0 atom stereocenters. The quantitative estimate of drug-likeness (QED) is 0.734. The molecule has 0 unspecified atom stereocenters. The van der Waals surface area contributed by atoms with E-state index in [4.69, 9.17) is 4.74 Å². The van der Waals surface area contributed by atoms with Crippen molar-refractivity contribution in [2.45, 2.75) is 12.8 Å². The molecule has 2 aliphatic heterocycles. The van der Waals surface area contributed by atoms with E-state index in [-0.39, 0.29) is 25.0 Å². The highest BCUT2D eigenvalue weighted by Gasteiger charge is 2.27. The second kappa shape index (κ2) is 8.24. The Hall–Kier alpha value is -3.88. The lowest BCUT2D eigenvalue weighted by atomic mass is 10.2. The lowest BCUT2D eigenvalue weighted by molar-refractivity contribution is -0.125. The van der Waals surface area contributed by atoms with Gasteiger partial charge in [0, 0.05) is 24.2 Å². The second-order valence-electron chi connectivity index (χ2n) is 6.93. The molecule has 2 N–H and O–H groups in total. The van der Waals surface area contributed by atoms with Gasteiger partial charge < -0.3 is 9.64 Å². The number of hydrogen-bond acceptors (Lipinski definition) is 5. The first-order valence-electron chi connectivity index (χ1n) is 9.55. The number of hydrogen-bond donors (Lipinski definition) is 2. The summed E-state index contributed by atoms with van der Waals surface area (Å²) in [4.78, 5) is 51.5. The van der Waals surface area contributed by atoms with Crippen molar-refractivity contribution in [3.63, 3.8) is 0 Å². The molecule has 0 aromatic heterocycles. The number of anilines is 2. The maximum Gasteiger partial charge on any atom is 0.269 e. The maximum absolute atomic E-state index is 12.3. The Bertz CT molecular complexity index is 1000. The van der Waals surface area contributed by atoms with Gasteiger partial charge in [-0.3, -0.25) is 34.9 Å². The molecular formula is C21H20N4O5. The van der Waals surface area contributed by atoms with Crippen LogP contribution in [-0.2, 0) is 14.4 Å². The summed E-state index contributed by atoms with van der Waals surface area (Å²) in [5.41, 5.74) is 6.23. The summed E-state index contributed by atoms with van der Waals surface area (Å²) >= 11 is 0. The van der Waals surface area contributed by atoms with Gasteiger partial charge in [0.05, 0.1) is 5.69 Å². The summed E-state index contributed by atoms with van der Waals surface area (Å²) in [6.07, 6.45) is 1.35. The van der Waals surface area contributed by atoms with Gasteiger partial charge in [-0.05, 0) is 42.8 Å². The van der Waals surface area contributed by atoms with Crippen molar-refractivity contribution in [1.82, 2.24) is 10.9 Å². The molecular weight excluding hydrogens is 388 g/mol. The average Bonchev–Trinajstić information content (AvgIpc) is 3.20. The molecule has 9 heteroatoms. The van der Waals surface area contributed by atoms with Gasteiger partial charge in [-0.2, -0.15) is 0 Å². The predicted molar refractivity (Wildman–Crippen MR) is 108 cm³/mol. The number of amides is 4. The fourth-order valence-electron chi connectivity index (χ4n) is 3.42. The highest BCUT2D eigenvalue weighted by Crippen LogP contribution is 2.31. The van der Waals surface area contributed by atoms with Gasteiger partial charge in [-0.15, -0.1) is 0 Å². The number of fused-ring (bicyclic) bond motifs is 1. The average molecular weight is 408 g/mol. The Labute approximate surface area is 172 Å². The molecule has 4 rings (SSSR count). The van der Waals surface area contributed by atoms with Crippen molar-refractivity contribution >= 4 is 35.0 Å². The number of carbonyl (C=O) groups excluding carboxylic acids is 4. The Kier molecular flexibility index (Phi) is 5.34. The lowest BCUT2D eigenvalue weighted by Gasteiger charge is -2.28. The molecule has 0 radical (unpaired) electrons. The second-order valence-corrected chi connectivity index (χ2v) is 6.93. The molecule has 2 aromatic rings. The molecule has 1 saturated heterocycles. The monoisotopic (exact) mass is 408 g/mol. The summed E-state index contributed by atoms with van der Waals surface area (Å²) in [6, 6.07) is 13.5. The number of hydrazine groups is 1. The molecule has 0 bridgehead atoms. The Balaban J connectivity index is 1.33. The molecule has 0 saturated carbocycles. The van der Waals surface area contributed by atoms with Gasteiger partial charge in [0.1, 0.15) is 12.3 Å². The van der Waals surface area contributed by atoms with Crippen LogP contribution in [0.4, 0.5) is 11.4 Å². The number of rotatable bonds is 4. The minimum atomic E-state index is -0.548. The van der Waals surface area contributed by atoms with Gasteiger partial charge in [0.15, 0.2) is 6.61 Å². The first kappa shape index (κ1) is 19.4. The van der Waals surface area contributed by atoms with Crippen LogP contribution in [0.3, 0.4) is 0 Å². The van der Waals surface area contributed by atoms with Crippen LogP contribution in [0.2, 0.25) is 0 Å². The molecule has 30 heavy (non-hydrogen) atoms. The maximum atomic E-state index is 12.3. The van der Waals surface area contributed by atoms with Crippen LogP contribution in [0, 0.1) is 0 Å². The van der Waals surface area contributed by atoms with Crippen molar-refractivity contribution in [1.29, 1.82) is 0 Å². The minimum absolute atomic E-state index is 0.0682. The lowest BCUT2D eigenvalue weighted by Crippen LogP contribution is -2.49. The third kappa shape index (κ3) is 3.95. The van der Waals surface area contributed by atoms with Crippen molar-refractivity contribution in [2.75, 3.05) is 29.5 Å². The van der Waals surface area contributed by atoms with Crippen LogP contribution < -0.4 is 25.4 Å². The van der Waals surface area contributed by atoms with E-state index in [0.717, 1.165) is 12.1 Å². The van der Waals surface area contributed by atoms with Crippen molar-refractivity contribution in [3.05, 3.63) is 54.1 Å². The molecule has 0 aliphatic carbocycles. The van der Waals surface area contributed by atoms with Gasteiger partial charge in [0.2, 0.25) is 5.91 Å². The molecule has 2 aliphatic rings. The zero-order chi connectivity index (χ0) is 21.1. The van der Waals surface area contributed by atoms with Gasteiger partial charge in [0.25, 0.3) is 17.7 Å². The van der Waals surface area contributed by atoms with Crippen molar-refractivity contribution in [3.8, 4) is 5.75 Å². The third-order valence-corrected chi connectivity index (χ3v) is 4.94. The molecule has 0 spiro atoms. The van der Waals surface area contributed by atoms with Crippen LogP contribution in [0.25, 0.3) is 0 Å². The number of nitrogens with one attached hydrogen (secondary N) is 2. The zero-order valence-electron chi connectivity index (χ0n) is 16.1. The SMILES string of the molecule is O=C(CN1C(=O)COc2ccccc21)NNC(=O)c1ccc(N2CCCC2=O)cc1. The summed E-state index contributed by atoms with van der Waals surface area (Å²) < 4.78 is 5.34. The number of benzene rings is 2. The standard InChI is InChI=1S/C21H20N4O5/c26-18(12-25-16-4-1-2-5-17(16)30-13-20(25)28)22-23-21(29)14-7-9-15(10-8-14)24-11-3-6-19(24)27/h1-2,4-5,7-10H,3,6,11-13H2,(H,22,26)(H,23,29). The van der Waals surface area contributed by atoms with E-state index in [9.17, 15) is 19.2 Å². The smallest absolute Gasteiger partial charge is 0.269 e. The van der Waals surface area contributed by atoms with Gasteiger partial charge in [-0.1, -0.05) is 12.1 Å². The topological polar surface area (TPSA) is 108 Å². The number of para-hydroxylation sites is 2. The molecule has 2 heterocycles. The van der Waals surface area contributed by atoms with Crippen LogP contribution in [-0.4, -0.2) is 43.3 Å².